The molecule has 1 amide bonds. The monoisotopic (exact) mass is 275 g/mol. The van der Waals surface area contributed by atoms with Crippen LogP contribution in [0.25, 0.3) is 0 Å². The summed E-state index contributed by atoms with van der Waals surface area (Å²) in [4.78, 5) is 11.9. The molecule has 0 radical (unpaired) electrons. The highest BCUT2D eigenvalue weighted by molar-refractivity contribution is 5.94. The van der Waals surface area contributed by atoms with E-state index in [0.717, 1.165) is 0 Å². The average molecular weight is 275 g/mol. The van der Waals surface area contributed by atoms with Crippen molar-refractivity contribution >= 4 is 5.91 Å². The molecule has 0 aliphatic rings. The second-order valence-corrected chi connectivity index (χ2v) is 4.31. The van der Waals surface area contributed by atoms with Crippen molar-refractivity contribution in [3.8, 4) is 5.75 Å². The number of amides is 1. The molecule has 0 spiro atoms. The van der Waals surface area contributed by atoms with Crippen molar-refractivity contribution in [3.05, 3.63) is 54.0 Å². The maximum Gasteiger partial charge on any atom is 0.251 e. The molecule has 0 aliphatic carbocycles. The van der Waals surface area contributed by atoms with Crippen LogP contribution in [0.2, 0.25) is 0 Å². The second-order valence-electron chi connectivity index (χ2n) is 4.31. The van der Waals surface area contributed by atoms with Crippen molar-refractivity contribution in [2.45, 2.75) is 12.5 Å². The van der Waals surface area contributed by atoms with Gasteiger partial charge in [0.2, 0.25) is 0 Å². The summed E-state index contributed by atoms with van der Waals surface area (Å²) in [5.41, 5.74) is 0.525. The molecule has 0 bridgehead atoms. The van der Waals surface area contributed by atoms with E-state index in [1.54, 1.807) is 43.5 Å². The number of nitrogens with one attached hydrogen (secondary N) is 1. The lowest BCUT2D eigenvalue weighted by Gasteiger charge is -2.09. The van der Waals surface area contributed by atoms with Crippen molar-refractivity contribution in [2.24, 2.45) is 0 Å². The fourth-order valence-corrected chi connectivity index (χ4v) is 1.81. The molecule has 1 atom stereocenters. The minimum atomic E-state index is -0.712. The molecule has 1 aromatic heterocycles. The Hall–Kier alpha value is -2.27. The number of aliphatic hydroxyl groups excluding tert-OH is 1. The summed E-state index contributed by atoms with van der Waals surface area (Å²) in [6, 6.07) is 10.3. The molecule has 5 nitrogen and oxygen atoms in total. The fraction of sp³-hybridized carbons (Fsp3) is 0.267. The van der Waals surface area contributed by atoms with Crippen molar-refractivity contribution in [2.75, 3.05) is 13.7 Å². The van der Waals surface area contributed by atoms with Gasteiger partial charge < -0.3 is 19.6 Å². The number of hydrogen-bond donors (Lipinski definition) is 2. The van der Waals surface area contributed by atoms with E-state index in [0.29, 0.717) is 30.0 Å². The Morgan fingerprint density at radius 2 is 2.25 bits per heavy atom. The van der Waals surface area contributed by atoms with E-state index >= 15 is 0 Å². The number of aliphatic hydroxyl groups is 1. The molecule has 106 valence electrons. The Kier molecular flexibility index (Phi) is 4.79. The first-order valence-electron chi connectivity index (χ1n) is 6.34. The quantitative estimate of drug-likeness (QED) is 0.847. The minimum Gasteiger partial charge on any atom is -0.497 e. The van der Waals surface area contributed by atoms with E-state index < -0.39 is 6.10 Å². The van der Waals surface area contributed by atoms with Gasteiger partial charge in [-0.3, -0.25) is 4.79 Å². The molecule has 2 rings (SSSR count). The van der Waals surface area contributed by atoms with E-state index in [1.165, 1.54) is 6.26 Å². The van der Waals surface area contributed by atoms with Crippen molar-refractivity contribution < 1.29 is 19.1 Å². The van der Waals surface area contributed by atoms with Crippen LogP contribution in [0.3, 0.4) is 0 Å². The zero-order chi connectivity index (χ0) is 14.4. The van der Waals surface area contributed by atoms with Gasteiger partial charge in [0.25, 0.3) is 5.91 Å². The molecule has 0 saturated carbocycles. The lowest BCUT2D eigenvalue weighted by atomic mass is 10.2. The number of furan rings is 1. The second kappa shape index (κ2) is 6.77. The minimum absolute atomic E-state index is 0.199. The normalized spacial score (nSPS) is 11.9. The van der Waals surface area contributed by atoms with Gasteiger partial charge in [0.05, 0.1) is 13.4 Å². The van der Waals surface area contributed by atoms with Gasteiger partial charge in [-0.05, 0) is 36.8 Å². The van der Waals surface area contributed by atoms with Gasteiger partial charge in [0, 0.05) is 12.1 Å². The Balaban J connectivity index is 1.83. The summed E-state index contributed by atoms with van der Waals surface area (Å²) < 4.78 is 10.2. The summed E-state index contributed by atoms with van der Waals surface area (Å²) in [5, 5.41) is 12.6. The molecule has 2 N–H and O–H groups in total. The number of rotatable bonds is 6. The van der Waals surface area contributed by atoms with Crippen LogP contribution in [0.4, 0.5) is 0 Å². The predicted octanol–water partition coefficient (Wildman–Crippen LogP) is 2.14. The van der Waals surface area contributed by atoms with E-state index in [4.69, 9.17) is 9.15 Å². The first-order valence-corrected chi connectivity index (χ1v) is 6.34. The van der Waals surface area contributed by atoms with Crippen LogP contribution in [0.15, 0.2) is 47.1 Å². The van der Waals surface area contributed by atoms with Gasteiger partial charge in [-0.2, -0.15) is 0 Å². The number of ether oxygens (including phenoxy) is 1. The average Bonchev–Trinajstić information content (AvgIpc) is 3.01. The maximum absolute atomic E-state index is 11.9. The lowest BCUT2D eigenvalue weighted by molar-refractivity contribution is 0.0935. The third-order valence-corrected chi connectivity index (χ3v) is 2.91. The van der Waals surface area contributed by atoms with Crippen LogP contribution in [0.5, 0.6) is 5.75 Å². The standard InChI is InChI=1S/C15H17NO4/c1-19-12-5-2-4-11(10-12)15(18)16-8-7-13(17)14-6-3-9-20-14/h2-6,9-10,13,17H,7-8H2,1H3,(H,16,18)/t13-/m0/s1. The molecule has 0 unspecified atom stereocenters. The van der Waals surface area contributed by atoms with E-state index in [-0.39, 0.29) is 5.91 Å². The topological polar surface area (TPSA) is 71.7 Å². The van der Waals surface area contributed by atoms with Gasteiger partial charge in [-0.15, -0.1) is 0 Å². The van der Waals surface area contributed by atoms with Crippen molar-refractivity contribution in [3.63, 3.8) is 0 Å². The third-order valence-electron chi connectivity index (χ3n) is 2.91. The summed E-state index contributed by atoms with van der Waals surface area (Å²) in [6.07, 6.45) is 1.19. The van der Waals surface area contributed by atoms with Crippen LogP contribution >= 0.6 is 0 Å². The van der Waals surface area contributed by atoms with Crippen molar-refractivity contribution in [1.29, 1.82) is 0 Å². The molecule has 5 heteroatoms. The van der Waals surface area contributed by atoms with Crippen LogP contribution in [0, 0.1) is 0 Å². The van der Waals surface area contributed by atoms with Gasteiger partial charge in [0.1, 0.15) is 17.6 Å². The van der Waals surface area contributed by atoms with Gasteiger partial charge in [-0.25, -0.2) is 0 Å². The summed E-state index contributed by atoms with van der Waals surface area (Å²) in [7, 11) is 1.55. The van der Waals surface area contributed by atoms with Gasteiger partial charge in [-0.1, -0.05) is 6.07 Å². The third kappa shape index (κ3) is 3.61. The molecule has 0 fully saturated rings. The molecule has 2 aromatic rings. The zero-order valence-electron chi connectivity index (χ0n) is 11.2. The molecule has 0 aliphatic heterocycles. The highest BCUT2D eigenvalue weighted by atomic mass is 16.5. The summed E-state index contributed by atoms with van der Waals surface area (Å²) in [6.45, 7) is 0.359. The van der Waals surface area contributed by atoms with E-state index in [1.807, 2.05) is 0 Å². The Morgan fingerprint density at radius 1 is 1.40 bits per heavy atom. The zero-order valence-corrected chi connectivity index (χ0v) is 11.2. The molecular weight excluding hydrogens is 258 g/mol. The van der Waals surface area contributed by atoms with E-state index in [9.17, 15) is 9.90 Å². The summed E-state index contributed by atoms with van der Waals surface area (Å²) in [5.74, 6) is 0.935. The fourth-order valence-electron chi connectivity index (χ4n) is 1.81. The number of methoxy groups -OCH3 is 1. The van der Waals surface area contributed by atoms with Crippen molar-refractivity contribution in [1.82, 2.24) is 5.32 Å². The Morgan fingerprint density at radius 3 is 2.95 bits per heavy atom. The Labute approximate surface area is 117 Å². The molecule has 1 heterocycles. The molecule has 1 aromatic carbocycles. The van der Waals surface area contributed by atoms with E-state index in [2.05, 4.69) is 5.32 Å². The smallest absolute Gasteiger partial charge is 0.251 e. The summed E-state index contributed by atoms with van der Waals surface area (Å²) >= 11 is 0. The highest BCUT2D eigenvalue weighted by Gasteiger charge is 2.11. The Bertz CT molecular complexity index is 551. The largest absolute Gasteiger partial charge is 0.497 e. The van der Waals surface area contributed by atoms with Crippen LogP contribution < -0.4 is 10.1 Å². The molecular formula is C15H17NO4. The number of carbonyl (C=O) groups excluding carboxylic acids is 1. The first-order chi connectivity index (χ1) is 9.70. The predicted molar refractivity (Wildman–Crippen MR) is 73.6 cm³/mol. The number of benzene rings is 1. The molecule has 20 heavy (non-hydrogen) atoms. The first kappa shape index (κ1) is 14.1. The van der Waals surface area contributed by atoms with Crippen LogP contribution in [0.1, 0.15) is 28.6 Å². The number of carbonyl (C=O) groups is 1. The van der Waals surface area contributed by atoms with Crippen LogP contribution in [-0.4, -0.2) is 24.7 Å². The lowest BCUT2D eigenvalue weighted by Crippen LogP contribution is -2.25. The SMILES string of the molecule is COc1cccc(C(=O)NCC[C@H](O)c2ccco2)c1. The highest BCUT2D eigenvalue weighted by Crippen LogP contribution is 2.16. The van der Waals surface area contributed by atoms with Gasteiger partial charge >= 0.3 is 0 Å². The number of hydrogen-bond acceptors (Lipinski definition) is 4. The van der Waals surface area contributed by atoms with Gasteiger partial charge in [0.15, 0.2) is 0 Å². The molecule has 0 saturated heterocycles. The maximum atomic E-state index is 11.9. The van der Waals surface area contributed by atoms with Crippen LogP contribution in [-0.2, 0) is 0 Å².